The fraction of sp³-hybridized carbons (Fsp3) is 0.375. The highest BCUT2D eigenvalue weighted by molar-refractivity contribution is 9.11. The van der Waals surface area contributed by atoms with Crippen molar-refractivity contribution < 1.29 is 0 Å². The van der Waals surface area contributed by atoms with Crippen LogP contribution in [-0.2, 0) is 0 Å². The molecule has 0 aliphatic heterocycles. The minimum Gasteiger partial charge on any atom is -0.249 e. The van der Waals surface area contributed by atoms with Crippen molar-refractivity contribution in [2.45, 2.75) is 19.8 Å². The average Bonchev–Trinajstić information content (AvgIpc) is 1.85. The molecule has 0 bridgehead atoms. The zero-order chi connectivity index (χ0) is 8.43. The number of hydrogen-bond donors (Lipinski definition) is 0. The van der Waals surface area contributed by atoms with Gasteiger partial charge in [0, 0.05) is 10.7 Å². The van der Waals surface area contributed by atoms with Gasteiger partial charge in [-0.05, 0) is 33.5 Å². The van der Waals surface area contributed by atoms with Gasteiger partial charge in [-0.2, -0.15) is 0 Å². The molecule has 0 aliphatic carbocycles. The van der Waals surface area contributed by atoms with Crippen molar-refractivity contribution in [1.82, 2.24) is 4.98 Å². The van der Waals surface area contributed by atoms with Crippen LogP contribution >= 0.6 is 31.9 Å². The molecule has 1 heterocycles. The third kappa shape index (κ3) is 2.27. The largest absolute Gasteiger partial charge is 0.249 e. The summed E-state index contributed by atoms with van der Waals surface area (Å²) in [5.41, 5.74) is 1.24. The molecule has 1 aromatic heterocycles. The Labute approximate surface area is 83.5 Å². The Kier molecular flexibility index (Phi) is 3.07. The van der Waals surface area contributed by atoms with Crippen LogP contribution in [0.4, 0.5) is 0 Å². The molecule has 0 radical (unpaired) electrons. The van der Waals surface area contributed by atoms with Crippen molar-refractivity contribution in [3.8, 4) is 0 Å². The van der Waals surface area contributed by atoms with Gasteiger partial charge in [0.05, 0.1) is 0 Å². The van der Waals surface area contributed by atoms with Gasteiger partial charge in [-0.1, -0.05) is 29.8 Å². The standard InChI is InChI=1S/C8H9Br2N/c1-5(2)6-4-11-8(10)3-7(6)9/h3-5H,1-2H3. The molecule has 0 N–H and O–H groups in total. The monoisotopic (exact) mass is 277 g/mol. The summed E-state index contributed by atoms with van der Waals surface area (Å²) in [4.78, 5) is 4.15. The minimum absolute atomic E-state index is 0.518. The van der Waals surface area contributed by atoms with E-state index in [4.69, 9.17) is 0 Å². The second kappa shape index (κ2) is 3.68. The van der Waals surface area contributed by atoms with Gasteiger partial charge in [0.2, 0.25) is 0 Å². The van der Waals surface area contributed by atoms with Crippen molar-refractivity contribution in [3.05, 3.63) is 26.9 Å². The Balaban J connectivity index is 3.09. The van der Waals surface area contributed by atoms with Crippen molar-refractivity contribution in [2.24, 2.45) is 0 Å². The van der Waals surface area contributed by atoms with Gasteiger partial charge in [0.15, 0.2) is 0 Å². The Morgan fingerprint density at radius 1 is 1.36 bits per heavy atom. The van der Waals surface area contributed by atoms with E-state index in [1.165, 1.54) is 5.56 Å². The molecule has 1 aromatic rings. The summed E-state index contributed by atoms with van der Waals surface area (Å²) in [6.45, 7) is 4.30. The fourth-order valence-corrected chi connectivity index (χ4v) is 2.26. The molecule has 0 saturated heterocycles. The first-order valence-electron chi connectivity index (χ1n) is 3.42. The number of halogens is 2. The number of hydrogen-bond acceptors (Lipinski definition) is 1. The van der Waals surface area contributed by atoms with Gasteiger partial charge in [-0.3, -0.25) is 0 Å². The SMILES string of the molecule is CC(C)c1cnc(Br)cc1Br. The quantitative estimate of drug-likeness (QED) is 0.714. The third-order valence-electron chi connectivity index (χ3n) is 1.47. The summed E-state index contributed by atoms with van der Waals surface area (Å²) in [7, 11) is 0. The van der Waals surface area contributed by atoms with E-state index in [0.29, 0.717) is 5.92 Å². The summed E-state index contributed by atoms with van der Waals surface area (Å²) in [5, 5.41) is 0. The van der Waals surface area contributed by atoms with E-state index in [0.717, 1.165) is 9.08 Å². The molecule has 0 aliphatic rings. The van der Waals surface area contributed by atoms with Crippen LogP contribution in [0.2, 0.25) is 0 Å². The van der Waals surface area contributed by atoms with Crippen molar-refractivity contribution in [3.63, 3.8) is 0 Å². The second-order valence-corrected chi connectivity index (χ2v) is 4.35. The first-order valence-corrected chi connectivity index (χ1v) is 5.01. The van der Waals surface area contributed by atoms with Crippen LogP contribution < -0.4 is 0 Å². The van der Waals surface area contributed by atoms with Crippen molar-refractivity contribution in [1.29, 1.82) is 0 Å². The zero-order valence-electron chi connectivity index (χ0n) is 6.44. The molecular weight excluding hydrogens is 270 g/mol. The summed E-state index contributed by atoms with van der Waals surface area (Å²) < 4.78 is 1.99. The molecule has 0 spiro atoms. The molecule has 0 amide bonds. The van der Waals surface area contributed by atoms with E-state index >= 15 is 0 Å². The number of nitrogens with zero attached hydrogens (tertiary/aromatic N) is 1. The van der Waals surface area contributed by atoms with Crippen LogP contribution in [0, 0.1) is 0 Å². The van der Waals surface area contributed by atoms with E-state index in [1.807, 2.05) is 12.3 Å². The normalized spacial score (nSPS) is 10.6. The highest BCUT2D eigenvalue weighted by Gasteiger charge is 2.04. The number of rotatable bonds is 1. The molecule has 1 rings (SSSR count). The average molecular weight is 279 g/mol. The maximum Gasteiger partial charge on any atom is 0.107 e. The highest BCUT2D eigenvalue weighted by Crippen LogP contribution is 2.25. The molecule has 0 fully saturated rings. The van der Waals surface area contributed by atoms with Crippen molar-refractivity contribution in [2.75, 3.05) is 0 Å². The molecule has 0 aromatic carbocycles. The first kappa shape index (κ1) is 9.20. The van der Waals surface area contributed by atoms with Crippen LogP contribution in [-0.4, -0.2) is 4.98 Å². The predicted molar refractivity (Wildman–Crippen MR) is 53.7 cm³/mol. The van der Waals surface area contributed by atoms with E-state index in [9.17, 15) is 0 Å². The lowest BCUT2D eigenvalue weighted by Crippen LogP contribution is -1.90. The smallest absolute Gasteiger partial charge is 0.107 e. The summed E-state index contributed by atoms with van der Waals surface area (Å²) in [6.07, 6.45) is 1.89. The first-order chi connectivity index (χ1) is 5.11. The van der Waals surface area contributed by atoms with Crippen LogP contribution in [0.5, 0.6) is 0 Å². The minimum atomic E-state index is 0.518. The lowest BCUT2D eigenvalue weighted by atomic mass is 10.1. The molecule has 60 valence electrons. The zero-order valence-corrected chi connectivity index (χ0v) is 9.61. The maximum absolute atomic E-state index is 4.15. The Morgan fingerprint density at radius 2 is 2.00 bits per heavy atom. The van der Waals surface area contributed by atoms with Crippen LogP contribution in [0.25, 0.3) is 0 Å². The summed E-state index contributed by atoms with van der Waals surface area (Å²) >= 11 is 6.78. The lowest BCUT2D eigenvalue weighted by Gasteiger charge is -2.06. The van der Waals surface area contributed by atoms with E-state index < -0.39 is 0 Å². The molecule has 0 atom stereocenters. The third-order valence-corrected chi connectivity index (χ3v) is 2.59. The van der Waals surface area contributed by atoms with Gasteiger partial charge in [-0.25, -0.2) is 4.98 Å². The van der Waals surface area contributed by atoms with Gasteiger partial charge < -0.3 is 0 Å². The number of pyridine rings is 1. The van der Waals surface area contributed by atoms with Gasteiger partial charge in [0.1, 0.15) is 4.60 Å². The van der Waals surface area contributed by atoms with Crippen LogP contribution in [0.3, 0.4) is 0 Å². The predicted octanol–water partition coefficient (Wildman–Crippen LogP) is 3.73. The maximum atomic E-state index is 4.15. The molecular formula is C8H9Br2N. The van der Waals surface area contributed by atoms with Crippen LogP contribution in [0.1, 0.15) is 25.3 Å². The van der Waals surface area contributed by atoms with Gasteiger partial charge in [0.25, 0.3) is 0 Å². The molecule has 11 heavy (non-hydrogen) atoms. The molecule has 1 nitrogen and oxygen atoms in total. The van der Waals surface area contributed by atoms with E-state index in [1.54, 1.807) is 0 Å². The number of aromatic nitrogens is 1. The topological polar surface area (TPSA) is 12.9 Å². The van der Waals surface area contributed by atoms with Crippen molar-refractivity contribution >= 4 is 31.9 Å². The molecule has 3 heteroatoms. The van der Waals surface area contributed by atoms with E-state index in [-0.39, 0.29) is 0 Å². The Morgan fingerprint density at radius 3 is 2.45 bits per heavy atom. The molecule has 0 unspecified atom stereocenters. The van der Waals surface area contributed by atoms with Crippen LogP contribution in [0.15, 0.2) is 21.3 Å². The van der Waals surface area contributed by atoms with Gasteiger partial charge in [-0.15, -0.1) is 0 Å². The molecule has 0 saturated carbocycles. The second-order valence-electron chi connectivity index (χ2n) is 2.68. The highest BCUT2D eigenvalue weighted by atomic mass is 79.9. The fourth-order valence-electron chi connectivity index (χ4n) is 0.843. The Bertz CT molecular complexity index is 258. The summed E-state index contributed by atoms with van der Waals surface area (Å²) in [6, 6.07) is 1.97. The van der Waals surface area contributed by atoms with E-state index in [2.05, 4.69) is 50.7 Å². The Hall–Kier alpha value is 0.110. The summed E-state index contributed by atoms with van der Waals surface area (Å²) in [5.74, 6) is 0.518. The van der Waals surface area contributed by atoms with Gasteiger partial charge >= 0.3 is 0 Å². The lowest BCUT2D eigenvalue weighted by molar-refractivity contribution is 0.850.